The van der Waals surface area contributed by atoms with Gasteiger partial charge in [0.25, 0.3) is 0 Å². The number of hydrogen-bond acceptors (Lipinski definition) is 4. The molecule has 0 saturated heterocycles. The van der Waals surface area contributed by atoms with Crippen LogP contribution in [0.15, 0.2) is 65.4 Å². The molecule has 7 heteroatoms. The molecule has 0 aliphatic carbocycles. The van der Waals surface area contributed by atoms with E-state index in [-0.39, 0.29) is 5.91 Å². The summed E-state index contributed by atoms with van der Waals surface area (Å²) in [6.45, 7) is 0.797. The van der Waals surface area contributed by atoms with E-state index in [0.717, 1.165) is 32.7 Å². The van der Waals surface area contributed by atoms with Gasteiger partial charge >= 0.3 is 0 Å². The highest BCUT2D eigenvalue weighted by Crippen LogP contribution is 2.23. The summed E-state index contributed by atoms with van der Waals surface area (Å²) < 4.78 is 14.0. The minimum absolute atomic E-state index is 0.169. The largest absolute Gasteiger partial charge is 0.496 e. The van der Waals surface area contributed by atoms with Gasteiger partial charge in [-0.05, 0) is 48.0 Å². The number of benzene rings is 2. The second kappa shape index (κ2) is 9.93. The number of nitrogens with zero attached hydrogens (tertiary/aromatic N) is 2. The molecule has 0 unspecified atom stereocenters. The predicted octanol–water partition coefficient (Wildman–Crippen LogP) is 4.10. The molecule has 0 bridgehead atoms. The maximum Gasteiger partial charge on any atom is 0.244 e. The maximum atomic E-state index is 12.1. The average Bonchev–Trinajstić information content (AvgIpc) is 3.15. The van der Waals surface area contributed by atoms with Crippen LogP contribution in [-0.4, -0.2) is 22.8 Å². The highest BCUT2D eigenvalue weighted by atomic mass is 79.9. The molecule has 0 aliphatic heterocycles. The number of amides is 1. The molecule has 1 heterocycles. The molecule has 0 saturated carbocycles. The lowest BCUT2D eigenvalue weighted by atomic mass is 10.1. The van der Waals surface area contributed by atoms with Crippen LogP contribution in [0, 0.1) is 0 Å². The van der Waals surface area contributed by atoms with Gasteiger partial charge in [0, 0.05) is 41.5 Å². The molecule has 1 aromatic heterocycles. The number of aromatic nitrogens is 2. The van der Waals surface area contributed by atoms with Crippen LogP contribution in [0.25, 0.3) is 6.08 Å². The van der Waals surface area contributed by atoms with Crippen LogP contribution in [0.4, 0.5) is 0 Å². The first-order valence-corrected chi connectivity index (χ1v) is 9.81. The van der Waals surface area contributed by atoms with Crippen molar-refractivity contribution in [3.63, 3.8) is 0 Å². The quantitative estimate of drug-likeness (QED) is 0.519. The van der Waals surface area contributed by atoms with Gasteiger partial charge in [-0.15, -0.1) is 0 Å². The predicted molar refractivity (Wildman–Crippen MR) is 116 cm³/mol. The highest BCUT2D eigenvalue weighted by molar-refractivity contribution is 9.10. The second-order valence-corrected chi connectivity index (χ2v) is 7.30. The van der Waals surface area contributed by atoms with E-state index in [0.29, 0.717) is 13.2 Å². The van der Waals surface area contributed by atoms with Gasteiger partial charge < -0.3 is 14.8 Å². The first-order chi connectivity index (χ1) is 14.0. The van der Waals surface area contributed by atoms with E-state index in [2.05, 4.69) is 26.3 Å². The molecule has 0 radical (unpaired) electrons. The monoisotopic (exact) mass is 455 g/mol. The lowest BCUT2D eigenvalue weighted by Crippen LogP contribution is -2.19. The third-order valence-electron chi connectivity index (χ3n) is 4.16. The van der Waals surface area contributed by atoms with Gasteiger partial charge in [-0.2, -0.15) is 5.10 Å². The van der Waals surface area contributed by atoms with Crippen molar-refractivity contribution >= 4 is 27.9 Å². The Hall–Kier alpha value is -3.06. The van der Waals surface area contributed by atoms with Crippen LogP contribution < -0.4 is 14.8 Å². The molecule has 2 aromatic carbocycles. The van der Waals surface area contributed by atoms with E-state index in [9.17, 15) is 4.79 Å². The fourth-order valence-corrected chi connectivity index (χ4v) is 2.95. The molecule has 6 nitrogen and oxygen atoms in total. The van der Waals surface area contributed by atoms with Gasteiger partial charge in [-0.1, -0.05) is 22.0 Å². The zero-order valence-electron chi connectivity index (χ0n) is 16.3. The van der Waals surface area contributed by atoms with Crippen LogP contribution >= 0.6 is 15.9 Å². The molecule has 0 fully saturated rings. The lowest BCUT2D eigenvalue weighted by molar-refractivity contribution is -0.116. The molecular weight excluding hydrogens is 434 g/mol. The van der Waals surface area contributed by atoms with Crippen molar-refractivity contribution in [1.29, 1.82) is 0 Å². The van der Waals surface area contributed by atoms with Crippen molar-refractivity contribution in [3.05, 3.63) is 82.1 Å². The van der Waals surface area contributed by atoms with Crippen molar-refractivity contribution in [2.45, 2.75) is 13.2 Å². The van der Waals surface area contributed by atoms with Crippen molar-refractivity contribution in [3.8, 4) is 11.5 Å². The Morgan fingerprint density at radius 3 is 2.72 bits per heavy atom. The van der Waals surface area contributed by atoms with Crippen LogP contribution in [0.3, 0.4) is 0 Å². The zero-order valence-corrected chi connectivity index (χ0v) is 17.8. The SMILES string of the molecule is COc1ccc(/C=C/C(=O)NCc2cnn(C)c2)cc1COc1ccc(Br)cc1. The molecule has 150 valence electrons. The Kier molecular flexibility index (Phi) is 7.08. The normalized spacial score (nSPS) is 10.9. The number of carbonyl (C=O) groups excluding carboxylic acids is 1. The van der Waals surface area contributed by atoms with E-state index in [1.165, 1.54) is 6.08 Å². The number of rotatable bonds is 8. The summed E-state index contributed by atoms with van der Waals surface area (Å²) in [6, 6.07) is 13.4. The molecule has 3 rings (SSSR count). The Morgan fingerprint density at radius 2 is 2.03 bits per heavy atom. The second-order valence-electron chi connectivity index (χ2n) is 6.39. The van der Waals surface area contributed by atoms with Gasteiger partial charge in [0.05, 0.1) is 13.3 Å². The van der Waals surface area contributed by atoms with Crippen LogP contribution in [0.5, 0.6) is 11.5 Å². The summed E-state index contributed by atoms with van der Waals surface area (Å²) in [6.07, 6.45) is 6.87. The van der Waals surface area contributed by atoms with Crippen LogP contribution in [0.2, 0.25) is 0 Å². The van der Waals surface area contributed by atoms with Gasteiger partial charge in [0.1, 0.15) is 18.1 Å². The molecule has 0 aliphatic rings. The molecule has 29 heavy (non-hydrogen) atoms. The minimum Gasteiger partial charge on any atom is -0.496 e. The summed E-state index contributed by atoms with van der Waals surface area (Å²) in [5.41, 5.74) is 2.73. The average molecular weight is 456 g/mol. The van der Waals surface area contributed by atoms with Crippen molar-refractivity contribution < 1.29 is 14.3 Å². The van der Waals surface area contributed by atoms with E-state index >= 15 is 0 Å². The van der Waals surface area contributed by atoms with Crippen LogP contribution in [-0.2, 0) is 25.0 Å². The summed E-state index contributed by atoms with van der Waals surface area (Å²) in [4.78, 5) is 12.1. The van der Waals surface area contributed by atoms with E-state index in [1.807, 2.05) is 55.7 Å². The van der Waals surface area contributed by atoms with E-state index in [1.54, 1.807) is 24.1 Å². The summed E-state index contributed by atoms with van der Waals surface area (Å²) in [7, 11) is 3.47. The number of carbonyl (C=O) groups is 1. The van der Waals surface area contributed by atoms with Gasteiger partial charge in [0.15, 0.2) is 0 Å². The summed E-state index contributed by atoms with van der Waals surface area (Å²) >= 11 is 3.41. The van der Waals surface area contributed by atoms with Crippen molar-refractivity contribution in [1.82, 2.24) is 15.1 Å². The first kappa shape index (κ1) is 20.7. The topological polar surface area (TPSA) is 65.4 Å². The Morgan fingerprint density at radius 1 is 1.24 bits per heavy atom. The Balaban J connectivity index is 1.61. The molecule has 0 atom stereocenters. The molecule has 3 aromatic rings. The molecular formula is C22H22BrN3O3. The van der Waals surface area contributed by atoms with Gasteiger partial charge in [0.2, 0.25) is 5.91 Å². The maximum absolute atomic E-state index is 12.1. The molecule has 1 amide bonds. The number of nitrogens with one attached hydrogen (secondary N) is 1. The first-order valence-electron chi connectivity index (χ1n) is 9.02. The van der Waals surface area contributed by atoms with E-state index in [4.69, 9.17) is 9.47 Å². The number of ether oxygens (including phenoxy) is 2. The van der Waals surface area contributed by atoms with Gasteiger partial charge in [-0.25, -0.2) is 0 Å². The van der Waals surface area contributed by atoms with Crippen LogP contribution in [0.1, 0.15) is 16.7 Å². The summed E-state index contributed by atoms with van der Waals surface area (Å²) in [5, 5.41) is 6.92. The molecule has 0 spiro atoms. The summed E-state index contributed by atoms with van der Waals surface area (Å²) in [5.74, 6) is 1.34. The smallest absolute Gasteiger partial charge is 0.244 e. The molecule has 1 N–H and O–H groups in total. The lowest BCUT2D eigenvalue weighted by Gasteiger charge is -2.11. The standard InChI is InChI=1S/C22H22BrN3O3/c1-26-14-17(13-25-26)12-24-22(27)10-4-16-3-9-21(28-2)18(11-16)15-29-20-7-5-19(23)6-8-20/h3-11,13-14H,12,15H2,1-2H3,(H,24,27)/b10-4+. The minimum atomic E-state index is -0.169. The fourth-order valence-electron chi connectivity index (χ4n) is 2.69. The number of methoxy groups -OCH3 is 1. The third kappa shape index (κ3) is 6.22. The highest BCUT2D eigenvalue weighted by Gasteiger charge is 2.06. The number of aryl methyl sites for hydroxylation is 1. The zero-order chi connectivity index (χ0) is 20.6. The van der Waals surface area contributed by atoms with E-state index < -0.39 is 0 Å². The fraction of sp³-hybridized carbons (Fsp3) is 0.182. The van der Waals surface area contributed by atoms with Crippen molar-refractivity contribution in [2.24, 2.45) is 7.05 Å². The van der Waals surface area contributed by atoms with Gasteiger partial charge in [-0.3, -0.25) is 9.48 Å². The Labute approximate surface area is 178 Å². The third-order valence-corrected chi connectivity index (χ3v) is 4.69. The number of hydrogen-bond donors (Lipinski definition) is 1. The van der Waals surface area contributed by atoms with Crippen molar-refractivity contribution in [2.75, 3.05) is 7.11 Å². The Bertz CT molecular complexity index is 997. The number of halogens is 1.